The Kier molecular flexibility index (Phi) is 5.09. The van der Waals surface area contributed by atoms with Gasteiger partial charge in [-0.15, -0.1) is 0 Å². The second kappa shape index (κ2) is 6.62. The molecule has 1 aliphatic rings. The number of nitrogens with two attached hydrogens (primary N) is 1. The van der Waals surface area contributed by atoms with Crippen LogP contribution in [0, 0.1) is 11.8 Å². The van der Waals surface area contributed by atoms with E-state index >= 15 is 0 Å². The standard InChI is InChI=1S/C18H29NO/c1-14(2)16-9-12-18(19,13-10-16)11-8-15-4-6-17(20-3)7-5-15/h4-7,14,16H,8-13,19H2,1-3H3. The van der Waals surface area contributed by atoms with E-state index in [2.05, 4.69) is 26.0 Å². The monoisotopic (exact) mass is 275 g/mol. The summed E-state index contributed by atoms with van der Waals surface area (Å²) in [5.41, 5.74) is 8.02. The second-order valence-corrected chi connectivity index (χ2v) is 6.79. The van der Waals surface area contributed by atoms with Crippen LogP contribution in [0.15, 0.2) is 24.3 Å². The topological polar surface area (TPSA) is 35.2 Å². The van der Waals surface area contributed by atoms with Gasteiger partial charge in [-0.1, -0.05) is 26.0 Å². The van der Waals surface area contributed by atoms with E-state index in [1.165, 1.54) is 31.2 Å². The lowest BCUT2D eigenvalue weighted by molar-refractivity contribution is 0.187. The molecule has 0 heterocycles. The number of hydrogen-bond donors (Lipinski definition) is 1. The van der Waals surface area contributed by atoms with E-state index < -0.39 is 0 Å². The average Bonchev–Trinajstić information content (AvgIpc) is 2.46. The molecule has 1 aromatic carbocycles. The summed E-state index contributed by atoms with van der Waals surface area (Å²) >= 11 is 0. The Morgan fingerprint density at radius 3 is 2.30 bits per heavy atom. The van der Waals surface area contributed by atoms with Crippen LogP contribution in [0.25, 0.3) is 0 Å². The summed E-state index contributed by atoms with van der Waals surface area (Å²) in [6.45, 7) is 4.68. The Balaban J connectivity index is 1.84. The third-order valence-corrected chi connectivity index (χ3v) is 5.04. The third-order valence-electron chi connectivity index (χ3n) is 5.04. The Labute approximate surface area is 123 Å². The van der Waals surface area contributed by atoms with E-state index in [-0.39, 0.29) is 5.54 Å². The van der Waals surface area contributed by atoms with Crippen molar-refractivity contribution in [1.29, 1.82) is 0 Å². The predicted molar refractivity (Wildman–Crippen MR) is 85.0 cm³/mol. The van der Waals surface area contributed by atoms with Crippen molar-refractivity contribution < 1.29 is 4.74 Å². The molecule has 0 aromatic heterocycles. The molecule has 0 unspecified atom stereocenters. The van der Waals surface area contributed by atoms with Gasteiger partial charge in [0, 0.05) is 5.54 Å². The highest BCUT2D eigenvalue weighted by molar-refractivity contribution is 5.27. The van der Waals surface area contributed by atoms with Gasteiger partial charge in [-0.3, -0.25) is 0 Å². The molecule has 0 aliphatic heterocycles. The normalized spacial score (nSPS) is 26.8. The maximum atomic E-state index is 6.60. The van der Waals surface area contributed by atoms with Crippen LogP contribution in [0.3, 0.4) is 0 Å². The molecule has 0 atom stereocenters. The van der Waals surface area contributed by atoms with Crippen molar-refractivity contribution in [2.45, 2.75) is 57.9 Å². The molecule has 1 aromatic rings. The third kappa shape index (κ3) is 3.99. The highest BCUT2D eigenvalue weighted by atomic mass is 16.5. The van der Waals surface area contributed by atoms with Crippen molar-refractivity contribution in [3.05, 3.63) is 29.8 Å². The van der Waals surface area contributed by atoms with Crippen LogP contribution in [0.5, 0.6) is 5.75 Å². The van der Waals surface area contributed by atoms with Gasteiger partial charge in [-0.25, -0.2) is 0 Å². The quantitative estimate of drug-likeness (QED) is 0.875. The van der Waals surface area contributed by atoms with E-state index in [1.807, 2.05) is 12.1 Å². The summed E-state index contributed by atoms with van der Waals surface area (Å²) in [6.07, 6.45) is 7.16. The molecule has 0 bridgehead atoms. The molecule has 0 saturated heterocycles. The van der Waals surface area contributed by atoms with Gasteiger partial charge in [0.2, 0.25) is 0 Å². The van der Waals surface area contributed by atoms with E-state index in [4.69, 9.17) is 10.5 Å². The first-order chi connectivity index (χ1) is 9.52. The Bertz CT molecular complexity index is 402. The molecular weight excluding hydrogens is 246 g/mol. The summed E-state index contributed by atoms with van der Waals surface area (Å²) in [6, 6.07) is 8.38. The number of hydrogen-bond acceptors (Lipinski definition) is 2. The molecule has 1 saturated carbocycles. The molecule has 0 spiro atoms. The van der Waals surface area contributed by atoms with Crippen molar-refractivity contribution in [3.63, 3.8) is 0 Å². The number of ether oxygens (including phenoxy) is 1. The fourth-order valence-corrected chi connectivity index (χ4v) is 3.32. The molecular formula is C18H29NO. The Morgan fingerprint density at radius 2 is 1.80 bits per heavy atom. The van der Waals surface area contributed by atoms with E-state index in [9.17, 15) is 0 Å². The van der Waals surface area contributed by atoms with E-state index in [1.54, 1.807) is 7.11 Å². The number of benzene rings is 1. The lowest BCUT2D eigenvalue weighted by Gasteiger charge is -2.38. The smallest absolute Gasteiger partial charge is 0.118 e. The predicted octanol–water partition coefficient (Wildman–Crippen LogP) is 4.17. The minimum atomic E-state index is 0.0608. The first-order valence-electron chi connectivity index (χ1n) is 7.94. The van der Waals surface area contributed by atoms with Gasteiger partial charge < -0.3 is 10.5 Å². The van der Waals surface area contributed by atoms with Crippen LogP contribution >= 0.6 is 0 Å². The molecule has 2 heteroatoms. The molecule has 20 heavy (non-hydrogen) atoms. The van der Waals surface area contributed by atoms with Gasteiger partial charge in [0.1, 0.15) is 5.75 Å². The summed E-state index contributed by atoms with van der Waals surface area (Å²) in [5.74, 6) is 2.61. The number of rotatable bonds is 5. The molecule has 1 aliphatic carbocycles. The SMILES string of the molecule is COc1ccc(CCC2(N)CCC(C(C)C)CC2)cc1. The fourth-order valence-electron chi connectivity index (χ4n) is 3.32. The van der Waals surface area contributed by atoms with Crippen molar-refractivity contribution in [2.24, 2.45) is 17.6 Å². The van der Waals surface area contributed by atoms with Crippen LogP contribution in [-0.4, -0.2) is 12.6 Å². The van der Waals surface area contributed by atoms with Crippen molar-refractivity contribution >= 4 is 0 Å². The van der Waals surface area contributed by atoms with Crippen LogP contribution in [0.1, 0.15) is 51.5 Å². The summed E-state index contributed by atoms with van der Waals surface area (Å²) in [7, 11) is 1.71. The van der Waals surface area contributed by atoms with Crippen LogP contribution in [0.4, 0.5) is 0 Å². The van der Waals surface area contributed by atoms with Gasteiger partial charge in [0.05, 0.1) is 7.11 Å². The molecule has 2 rings (SSSR count). The first kappa shape index (κ1) is 15.4. The van der Waals surface area contributed by atoms with Crippen molar-refractivity contribution in [1.82, 2.24) is 0 Å². The van der Waals surface area contributed by atoms with Crippen LogP contribution in [0.2, 0.25) is 0 Å². The van der Waals surface area contributed by atoms with E-state index in [0.29, 0.717) is 0 Å². The Morgan fingerprint density at radius 1 is 1.20 bits per heavy atom. The lowest BCUT2D eigenvalue weighted by Crippen LogP contribution is -2.44. The largest absolute Gasteiger partial charge is 0.497 e. The van der Waals surface area contributed by atoms with Gasteiger partial charge in [0.15, 0.2) is 0 Å². The molecule has 1 fully saturated rings. The molecule has 2 nitrogen and oxygen atoms in total. The van der Waals surface area contributed by atoms with Gasteiger partial charge in [-0.05, 0) is 68.1 Å². The molecule has 0 radical (unpaired) electrons. The van der Waals surface area contributed by atoms with Crippen LogP contribution in [-0.2, 0) is 6.42 Å². The van der Waals surface area contributed by atoms with Crippen molar-refractivity contribution in [2.75, 3.05) is 7.11 Å². The minimum absolute atomic E-state index is 0.0608. The highest BCUT2D eigenvalue weighted by Crippen LogP contribution is 2.36. The zero-order chi connectivity index (χ0) is 14.6. The van der Waals surface area contributed by atoms with Crippen molar-refractivity contribution in [3.8, 4) is 5.75 Å². The summed E-state index contributed by atoms with van der Waals surface area (Å²) in [4.78, 5) is 0. The summed E-state index contributed by atoms with van der Waals surface area (Å²) < 4.78 is 5.19. The zero-order valence-corrected chi connectivity index (χ0v) is 13.2. The lowest BCUT2D eigenvalue weighted by atomic mass is 9.71. The zero-order valence-electron chi connectivity index (χ0n) is 13.2. The molecule has 112 valence electrons. The van der Waals surface area contributed by atoms with Gasteiger partial charge in [-0.2, -0.15) is 0 Å². The van der Waals surface area contributed by atoms with Gasteiger partial charge in [0.25, 0.3) is 0 Å². The molecule has 2 N–H and O–H groups in total. The van der Waals surface area contributed by atoms with Gasteiger partial charge >= 0.3 is 0 Å². The summed E-state index contributed by atoms with van der Waals surface area (Å²) in [5, 5.41) is 0. The average molecular weight is 275 g/mol. The highest BCUT2D eigenvalue weighted by Gasteiger charge is 2.32. The van der Waals surface area contributed by atoms with E-state index in [0.717, 1.165) is 30.4 Å². The maximum Gasteiger partial charge on any atom is 0.118 e. The maximum absolute atomic E-state index is 6.60. The Hall–Kier alpha value is -1.02. The number of aryl methyl sites for hydroxylation is 1. The molecule has 0 amide bonds. The minimum Gasteiger partial charge on any atom is -0.497 e. The fraction of sp³-hybridized carbons (Fsp3) is 0.667. The van der Waals surface area contributed by atoms with Crippen LogP contribution < -0.4 is 10.5 Å². The first-order valence-corrected chi connectivity index (χ1v) is 7.94. The number of methoxy groups -OCH3 is 1. The second-order valence-electron chi connectivity index (χ2n) is 6.79.